The Morgan fingerprint density at radius 3 is 1.85 bits per heavy atom. The molecule has 0 aromatic carbocycles. The van der Waals surface area contributed by atoms with E-state index < -0.39 is 0 Å². The maximum atomic E-state index is 4.41. The zero-order valence-electron chi connectivity index (χ0n) is 11.1. The molecule has 3 aromatic heterocycles. The SMILES string of the molecule is Cc1ccc(N(c2ccccn2)c2ccccn2)cn1. The van der Waals surface area contributed by atoms with Gasteiger partial charge in [0.05, 0.1) is 11.9 Å². The fraction of sp³-hybridized carbons (Fsp3) is 0.0625. The van der Waals surface area contributed by atoms with Crippen LogP contribution in [-0.2, 0) is 0 Å². The molecule has 0 spiro atoms. The van der Waals surface area contributed by atoms with E-state index in [1.54, 1.807) is 12.4 Å². The molecular formula is C16H14N4. The number of aryl methyl sites for hydroxylation is 1. The first kappa shape index (κ1) is 12.3. The smallest absolute Gasteiger partial charge is 0.138 e. The van der Waals surface area contributed by atoms with Crippen molar-refractivity contribution in [2.24, 2.45) is 0 Å². The molecule has 0 N–H and O–H groups in total. The number of anilines is 3. The normalized spacial score (nSPS) is 10.2. The molecule has 0 saturated carbocycles. The zero-order valence-corrected chi connectivity index (χ0v) is 11.1. The number of nitrogens with zero attached hydrogens (tertiary/aromatic N) is 4. The van der Waals surface area contributed by atoms with Gasteiger partial charge in [-0.05, 0) is 43.3 Å². The second kappa shape index (κ2) is 5.48. The summed E-state index contributed by atoms with van der Waals surface area (Å²) in [7, 11) is 0. The van der Waals surface area contributed by atoms with E-state index in [-0.39, 0.29) is 0 Å². The number of hydrogen-bond acceptors (Lipinski definition) is 4. The Balaban J connectivity index is 2.11. The number of aromatic nitrogens is 3. The zero-order chi connectivity index (χ0) is 13.8. The van der Waals surface area contributed by atoms with Crippen molar-refractivity contribution in [1.29, 1.82) is 0 Å². The van der Waals surface area contributed by atoms with Crippen molar-refractivity contribution in [1.82, 2.24) is 15.0 Å². The Labute approximate surface area is 117 Å². The van der Waals surface area contributed by atoms with Crippen LogP contribution in [0.25, 0.3) is 0 Å². The number of hydrogen-bond donors (Lipinski definition) is 0. The topological polar surface area (TPSA) is 41.9 Å². The quantitative estimate of drug-likeness (QED) is 0.722. The van der Waals surface area contributed by atoms with Gasteiger partial charge in [0.1, 0.15) is 11.6 Å². The number of pyridine rings is 3. The van der Waals surface area contributed by atoms with Crippen LogP contribution in [0.4, 0.5) is 17.3 Å². The molecule has 3 heterocycles. The Morgan fingerprint density at radius 2 is 1.40 bits per heavy atom. The first-order valence-corrected chi connectivity index (χ1v) is 6.39. The van der Waals surface area contributed by atoms with E-state index in [1.165, 1.54) is 0 Å². The third-order valence-electron chi connectivity index (χ3n) is 2.91. The predicted octanol–water partition coefficient (Wildman–Crippen LogP) is 3.65. The van der Waals surface area contributed by atoms with Gasteiger partial charge in [-0.2, -0.15) is 0 Å². The van der Waals surface area contributed by atoms with E-state index in [4.69, 9.17) is 0 Å². The second-order valence-electron chi connectivity index (χ2n) is 4.37. The van der Waals surface area contributed by atoms with Gasteiger partial charge >= 0.3 is 0 Å². The minimum Gasteiger partial charge on any atom is -0.277 e. The van der Waals surface area contributed by atoms with Crippen LogP contribution in [0.2, 0.25) is 0 Å². The van der Waals surface area contributed by atoms with Gasteiger partial charge in [-0.25, -0.2) is 9.97 Å². The largest absolute Gasteiger partial charge is 0.277 e. The summed E-state index contributed by atoms with van der Waals surface area (Å²) in [6.45, 7) is 1.97. The minimum absolute atomic E-state index is 0.817. The summed E-state index contributed by atoms with van der Waals surface area (Å²) in [5.41, 5.74) is 1.92. The maximum absolute atomic E-state index is 4.41. The van der Waals surface area contributed by atoms with Crippen molar-refractivity contribution in [2.75, 3.05) is 4.90 Å². The fourth-order valence-corrected chi connectivity index (χ4v) is 1.95. The van der Waals surface area contributed by atoms with Crippen LogP contribution in [0.3, 0.4) is 0 Å². The van der Waals surface area contributed by atoms with Gasteiger partial charge in [-0.15, -0.1) is 0 Å². The molecule has 0 aliphatic carbocycles. The van der Waals surface area contributed by atoms with E-state index in [1.807, 2.05) is 66.6 Å². The van der Waals surface area contributed by atoms with Crippen LogP contribution in [-0.4, -0.2) is 15.0 Å². The standard InChI is InChI=1S/C16H14N4/c1-13-8-9-14(12-19-13)20(15-6-2-4-10-17-15)16-7-3-5-11-18-16/h2-12H,1H3. The Hall–Kier alpha value is -2.75. The maximum Gasteiger partial charge on any atom is 0.138 e. The van der Waals surface area contributed by atoms with Crippen molar-refractivity contribution in [2.45, 2.75) is 6.92 Å². The Morgan fingerprint density at radius 1 is 0.750 bits per heavy atom. The average Bonchev–Trinajstić information content (AvgIpc) is 2.52. The lowest BCUT2D eigenvalue weighted by atomic mass is 10.3. The summed E-state index contributed by atoms with van der Waals surface area (Å²) in [5.74, 6) is 1.63. The molecule has 98 valence electrons. The lowest BCUT2D eigenvalue weighted by Gasteiger charge is -2.22. The van der Waals surface area contributed by atoms with Crippen LogP contribution in [0.5, 0.6) is 0 Å². The van der Waals surface area contributed by atoms with Crippen molar-refractivity contribution in [3.8, 4) is 0 Å². The predicted molar refractivity (Wildman–Crippen MR) is 79.2 cm³/mol. The molecule has 4 heteroatoms. The summed E-state index contributed by atoms with van der Waals surface area (Å²) >= 11 is 0. The molecule has 0 unspecified atom stereocenters. The van der Waals surface area contributed by atoms with Crippen LogP contribution in [0.1, 0.15) is 5.69 Å². The van der Waals surface area contributed by atoms with Crippen molar-refractivity contribution in [3.63, 3.8) is 0 Å². The van der Waals surface area contributed by atoms with Crippen LogP contribution < -0.4 is 4.90 Å². The molecule has 0 radical (unpaired) electrons. The van der Waals surface area contributed by atoms with Gasteiger partial charge in [0, 0.05) is 18.1 Å². The molecule has 0 aliphatic rings. The van der Waals surface area contributed by atoms with Crippen LogP contribution in [0, 0.1) is 6.92 Å². The van der Waals surface area contributed by atoms with Gasteiger partial charge < -0.3 is 0 Å². The molecule has 4 nitrogen and oxygen atoms in total. The highest BCUT2D eigenvalue weighted by Gasteiger charge is 2.13. The molecule has 3 rings (SSSR count). The summed E-state index contributed by atoms with van der Waals surface area (Å²) in [4.78, 5) is 15.2. The molecule has 0 amide bonds. The van der Waals surface area contributed by atoms with Crippen molar-refractivity contribution >= 4 is 17.3 Å². The third kappa shape index (κ3) is 2.49. The summed E-state index contributed by atoms with van der Waals surface area (Å²) < 4.78 is 0. The Kier molecular flexibility index (Phi) is 3.37. The molecule has 20 heavy (non-hydrogen) atoms. The lowest BCUT2D eigenvalue weighted by Crippen LogP contribution is -2.12. The van der Waals surface area contributed by atoms with E-state index >= 15 is 0 Å². The molecule has 3 aromatic rings. The van der Waals surface area contributed by atoms with Crippen LogP contribution in [0.15, 0.2) is 67.1 Å². The van der Waals surface area contributed by atoms with Crippen molar-refractivity contribution in [3.05, 3.63) is 72.8 Å². The van der Waals surface area contributed by atoms with Crippen LogP contribution >= 0.6 is 0 Å². The minimum atomic E-state index is 0.817. The molecule has 0 saturated heterocycles. The molecule has 0 aliphatic heterocycles. The van der Waals surface area contributed by atoms with Gasteiger partial charge in [-0.3, -0.25) is 9.88 Å². The molecular weight excluding hydrogens is 248 g/mol. The third-order valence-corrected chi connectivity index (χ3v) is 2.91. The summed E-state index contributed by atoms with van der Waals surface area (Å²) in [5, 5.41) is 0. The molecule has 0 bridgehead atoms. The average molecular weight is 262 g/mol. The second-order valence-corrected chi connectivity index (χ2v) is 4.37. The van der Waals surface area contributed by atoms with Gasteiger partial charge in [0.25, 0.3) is 0 Å². The number of rotatable bonds is 3. The molecule has 0 fully saturated rings. The van der Waals surface area contributed by atoms with E-state index in [2.05, 4.69) is 15.0 Å². The summed E-state index contributed by atoms with van der Waals surface area (Å²) in [6.07, 6.45) is 5.37. The van der Waals surface area contributed by atoms with Gasteiger partial charge in [-0.1, -0.05) is 12.1 Å². The van der Waals surface area contributed by atoms with E-state index in [0.29, 0.717) is 0 Å². The monoisotopic (exact) mass is 262 g/mol. The summed E-state index contributed by atoms with van der Waals surface area (Å²) in [6, 6.07) is 15.6. The first-order chi connectivity index (χ1) is 9.84. The lowest BCUT2D eigenvalue weighted by molar-refractivity contribution is 1.10. The first-order valence-electron chi connectivity index (χ1n) is 6.39. The highest BCUT2D eigenvalue weighted by Crippen LogP contribution is 2.30. The highest BCUT2D eigenvalue weighted by molar-refractivity contribution is 5.71. The Bertz CT molecular complexity index is 626. The van der Waals surface area contributed by atoms with Crippen molar-refractivity contribution < 1.29 is 0 Å². The highest BCUT2D eigenvalue weighted by atomic mass is 15.2. The molecule has 0 atom stereocenters. The van der Waals surface area contributed by atoms with Gasteiger partial charge in [0.2, 0.25) is 0 Å². The fourth-order valence-electron chi connectivity index (χ4n) is 1.95. The van der Waals surface area contributed by atoms with E-state index in [0.717, 1.165) is 23.0 Å². The van der Waals surface area contributed by atoms with Gasteiger partial charge in [0.15, 0.2) is 0 Å². The van der Waals surface area contributed by atoms with E-state index in [9.17, 15) is 0 Å².